The molecule has 0 aromatic heterocycles. The monoisotopic (exact) mass is 227 g/mol. The molecule has 3 nitrogen and oxygen atoms in total. The molecule has 1 aliphatic heterocycles. The molecule has 2 unspecified atom stereocenters. The van der Waals surface area contributed by atoms with E-state index in [1.807, 2.05) is 4.90 Å². The number of nitrogens with zero attached hydrogens (tertiary/aromatic N) is 1. The molecule has 1 rings (SSSR count). The first-order valence-corrected chi connectivity index (χ1v) is 6.41. The van der Waals surface area contributed by atoms with Crippen molar-refractivity contribution in [3.8, 4) is 0 Å². The van der Waals surface area contributed by atoms with Gasteiger partial charge in [0.05, 0.1) is 0 Å². The molecule has 0 saturated carbocycles. The van der Waals surface area contributed by atoms with Crippen LogP contribution in [0.2, 0.25) is 0 Å². The normalized spacial score (nSPS) is 22.8. The number of carbonyl (C=O) groups excluding carboxylic acids is 1. The Morgan fingerprint density at radius 2 is 2.12 bits per heavy atom. The second kappa shape index (κ2) is 6.24. The van der Waals surface area contributed by atoms with Crippen molar-refractivity contribution in [2.45, 2.75) is 40.0 Å². The Kier molecular flexibility index (Phi) is 5.26. The van der Waals surface area contributed by atoms with Gasteiger partial charge in [0.2, 0.25) is 5.91 Å². The van der Waals surface area contributed by atoms with Gasteiger partial charge >= 0.3 is 0 Å². The first-order chi connectivity index (χ1) is 7.52. The van der Waals surface area contributed by atoms with Crippen LogP contribution in [-0.4, -0.2) is 35.6 Å². The van der Waals surface area contributed by atoms with Crippen LogP contribution in [0, 0.1) is 17.8 Å². The lowest BCUT2D eigenvalue weighted by Crippen LogP contribution is -2.30. The van der Waals surface area contributed by atoms with Gasteiger partial charge in [-0.25, -0.2) is 0 Å². The van der Waals surface area contributed by atoms with Gasteiger partial charge in [0.15, 0.2) is 0 Å². The lowest BCUT2D eigenvalue weighted by molar-refractivity contribution is -0.131. The Morgan fingerprint density at radius 1 is 1.44 bits per heavy atom. The van der Waals surface area contributed by atoms with E-state index in [-0.39, 0.29) is 12.5 Å². The molecule has 1 fully saturated rings. The minimum atomic E-state index is 0.214. The number of rotatable bonds is 5. The average molecular weight is 227 g/mol. The van der Waals surface area contributed by atoms with Crippen molar-refractivity contribution in [3.63, 3.8) is 0 Å². The summed E-state index contributed by atoms with van der Waals surface area (Å²) < 4.78 is 0. The van der Waals surface area contributed by atoms with Crippen LogP contribution >= 0.6 is 0 Å². The Hall–Kier alpha value is -0.570. The standard InChI is InChI=1S/C13H25NO2/c1-10(2)6-11(3)7-13(16)14-5-4-12(8-14)9-15/h10-12,15H,4-9H2,1-3H3. The first-order valence-electron chi connectivity index (χ1n) is 6.41. The number of likely N-dealkylation sites (tertiary alicyclic amines) is 1. The van der Waals surface area contributed by atoms with Crippen molar-refractivity contribution in [1.29, 1.82) is 0 Å². The summed E-state index contributed by atoms with van der Waals surface area (Å²) in [5.41, 5.74) is 0. The van der Waals surface area contributed by atoms with Gasteiger partial charge in [0, 0.05) is 32.0 Å². The van der Waals surface area contributed by atoms with Crippen molar-refractivity contribution < 1.29 is 9.90 Å². The molecule has 0 aliphatic carbocycles. The summed E-state index contributed by atoms with van der Waals surface area (Å²) in [5, 5.41) is 9.03. The molecule has 1 N–H and O–H groups in total. The fourth-order valence-electron chi connectivity index (χ4n) is 2.52. The van der Waals surface area contributed by atoms with Crippen LogP contribution in [0.4, 0.5) is 0 Å². The van der Waals surface area contributed by atoms with Gasteiger partial charge in [-0.2, -0.15) is 0 Å². The highest BCUT2D eigenvalue weighted by Crippen LogP contribution is 2.20. The summed E-state index contributed by atoms with van der Waals surface area (Å²) >= 11 is 0. The molecule has 1 heterocycles. The summed E-state index contributed by atoms with van der Waals surface area (Å²) in [6.07, 6.45) is 2.74. The molecule has 1 saturated heterocycles. The molecule has 1 amide bonds. The Balaban J connectivity index is 2.30. The largest absolute Gasteiger partial charge is 0.396 e. The van der Waals surface area contributed by atoms with Crippen molar-refractivity contribution in [3.05, 3.63) is 0 Å². The minimum Gasteiger partial charge on any atom is -0.396 e. The van der Waals surface area contributed by atoms with E-state index in [1.54, 1.807) is 0 Å². The molecule has 0 aromatic rings. The van der Waals surface area contributed by atoms with Gasteiger partial charge in [0.1, 0.15) is 0 Å². The smallest absolute Gasteiger partial charge is 0.222 e. The number of hydrogen-bond donors (Lipinski definition) is 1. The molecule has 16 heavy (non-hydrogen) atoms. The van der Waals surface area contributed by atoms with Gasteiger partial charge in [-0.3, -0.25) is 4.79 Å². The van der Waals surface area contributed by atoms with Gasteiger partial charge in [-0.1, -0.05) is 20.8 Å². The fourth-order valence-corrected chi connectivity index (χ4v) is 2.52. The van der Waals surface area contributed by atoms with Crippen LogP contribution in [0.1, 0.15) is 40.0 Å². The van der Waals surface area contributed by atoms with E-state index < -0.39 is 0 Å². The molecule has 3 heteroatoms. The van der Waals surface area contributed by atoms with Gasteiger partial charge in [-0.15, -0.1) is 0 Å². The third kappa shape index (κ3) is 4.12. The Morgan fingerprint density at radius 3 is 2.62 bits per heavy atom. The maximum Gasteiger partial charge on any atom is 0.222 e. The summed E-state index contributed by atoms with van der Waals surface area (Å²) in [6.45, 7) is 8.34. The number of aliphatic hydroxyl groups is 1. The topological polar surface area (TPSA) is 40.5 Å². The number of aliphatic hydroxyl groups excluding tert-OH is 1. The fraction of sp³-hybridized carbons (Fsp3) is 0.923. The predicted octanol–water partition coefficient (Wildman–Crippen LogP) is 1.90. The summed E-state index contributed by atoms with van der Waals surface area (Å²) in [4.78, 5) is 13.9. The third-order valence-corrected chi connectivity index (χ3v) is 3.29. The Labute approximate surface area is 98.8 Å². The van der Waals surface area contributed by atoms with Gasteiger partial charge in [0.25, 0.3) is 0 Å². The molecular formula is C13H25NO2. The van der Waals surface area contributed by atoms with Crippen LogP contribution < -0.4 is 0 Å². The highest BCUT2D eigenvalue weighted by atomic mass is 16.3. The summed E-state index contributed by atoms with van der Waals surface area (Å²) in [6, 6.07) is 0. The number of hydrogen-bond acceptors (Lipinski definition) is 2. The molecule has 94 valence electrons. The van der Waals surface area contributed by atoms with Crippen LogP contribution in [-0.2, 0) is 4.79 Å². The van der Waals surface area contributed by atoms with Crippen molar-refractivity contribution in [1.82, 2.24) is 4.90 Å². The zero-order valence-corrected chi connectivity index (χ0v) is 10.8. The maximum atomic E-state index is 11.9. The lowest BCUT2D eigenvalue weighted by atomic mass is 9.95. The van der Waals surface area contributed by atoms with Crippen LogP contribution in [0.25, 0.3) is 0 Å². The van der Waals surface area contributed by atoms with Gasteiger partial charge < -0.3 is 10.0 Å². The first kappa shape index (κ1) is 13.5. The van der Waals surface area contributed by atoms with E-state index in [1.165, 1.54) is 0 Å². The van der Waals surface area contributed by atoms with E-state index >= 15 is 0 Å². The van der Waals surface area contributed by atoms with E-state index in [2.05, 4.69) is 20.8 Å². The van der Waals surface area contributed by atoms with E-state index in [0.717, 1.165) is 25.9 Å². The number of amides is 1. The van der Waals surface area contributed by atoms with Crippen molar-refractivity contribution in [2.24, 2.45) is 17.8 Å². The maximum absolute atomic E-state index is 11.9. The molecule has 0 bridgehead atoms. The Bertz CT molecular complexity index is 228. The lowest BCUT2D eigenvalue weighted by Gasteiger charge is -2.19. The van der Waals surface area contributed by atoms with E-state index in [4.69, 9.17) is 5.11 Å². The van der Waals surface area contributed by atoms with Crippen LogP contribution in [0.3, 0.4) is 0 Å². The van der Waals surface area contributed by atoms with E-state index in [0.29, 0.717) is 24.2 Å². The average Bonchev–Trinajstić information content (AvgIpc) is 2.64. The summed E-state index contributed by atoms with van der Waals surface area (Å²) in [5.74, 6) is 1.71. The predicted molar refractivity (Wildman–Crippen MR) is 65.0 cm³/mol. The molecule has 0 radical (unpaired) electrons. The number of carbonyl (C=O) groups is 1. The van der Waals surface area contributed by atoms with Crippen LogP contribution in [0.15, 0.2) is 0 Å². The van der Waals surface area contributed by atoms with Crippen molar-refractivity contribution in [2.75, 3.05) is 19.7 Å². The molecule has 2 atom stereocenters. The molecule has 1 aliphatic rings. The molecule has 0 aromatic carbocycles. The zero-order chi connectivity index (χ0) is 12.1. The quantitative estimate of drug-likeness (QED) is 0.779. The van der Waals surface area contributed by atoms with Crippen LogP contribution in [0.5, 0.6) is 0 Å². The van der Waals surface area contributed by atoms with Crippen molar-refractivity contribution >= 4 is 5.91 Å². The highest BCUT2D eigenvalue weighted by Gasteiger charge is 2.26. The minimum absolute atomic E-state index is 0.214. The SMILES string of the molecule is CC(C)CC(C)CC(=O)N1CCC(CO)C1. The molecule has 0 spiro atoms. The third-order valence-electron chi connectivity index (χ3n) is 3.29. The van der Waals surface area contributed by atoms with E-state index in [9.17, 15) is 4.79 Å². The molecular weight excluding hydrogens is 202 g/mol. The van der Waals surface area contributed by atoms with Gasteiger partial charge in [-0.05, 0) is 24.7 Å². The second-order valence-corrected chi connectivity index (χ2v) is 5.62. The summed E-state index contributed by atoms with van der Waals surface area (Å²) in [7, 11) is 0. The second-order valence-electron chi connectivity index (χ2n) is 5.62. The zero-order valence-electron chi connectivity index (χ0n) is 10.8. The highest BCUT2D eigenvalue weighted by molar-refractivity contribution is 5.76.